The van der Waals surface area contributed by atoms with Gasteiger partial charge in [0.25, 0.3) is 0 Å². The van der Waals surface area contributed by atoms with E-state index in [0.29, 0.717) is 13.2 Å². The molecule has 0 aliphatic carbocycles. The van der Waals surface area contributed by atoms with Crippen molar-refractivity contribution >= 4 is 11.6 Å². The van der Waals surface area contributed by atoms with Crippen LogP contribution in [-0.4, -0.2) is 52.3 Å². The molecule has 1 amide bonds. The minimum absolute atomic E-state index is 0.0102. The molecule has 1 unspecified atom stereocenters. The van der Waals surface area contributed by atoms with Gasteiger partial charge in [-0.3, -0.25) is 4.79 Å². The van der Waals surface area contributed by atoms with Gasteiger partial charge < -0.3 is 20.3 Å². The van der Waals surface area contributed by atoms with E-state index in [-0.39, 0.29) is 11.9 Å². The Labute approximate surface area is 127 Å². The van der Waals surface area contributed by atoms with Crippen LogP contribution in [0.1, 0.15) is 13.3 Å². The predicted molar refractivity (Wildman–Crippen MR) is 86.7 cm³/mol. The second-order valence-corrected chi connectivity index (χ2v) is 5.21. The predicted octanol–water partition coefficient (Wildman–Crippen LogP) is 1.25. The second-order valence-electron chi connectivity index (χ2n) is 5.21. The highest BCUT2D eigenvalue weighted by atomic mass is 16.5. The third-order valence-corrected chi connectivity index (χ3v) is 3.15. The van der Waals surface area contributed by atoms with Crippen LogP contribution in [0.5, 0.6) is 0 Å². The molecule has 0 bridgehead atoms. The van der Waals surface area contributed by atoms with Crippen molar-refractivity contribution in [3.8, 4) is 0 Å². The smallest absolute Gasteiger partial charge is 0.234 e. The van der Waals surface area contributed by atoms with Gasteiger partial charge in [-0.05, 0) is 32.0 Å². The number of hydrogen-bond acceptors (Lipinski definition) is 4. The van der Waals surface area contributed by atoms with Crippen molar-refractivity contribution in [2.75, 3.05) is 45.3 Å². The normalized spacial score (nSPS) is 12.0. The lowest BCUT2D eigenvalue weighted by Crippen LogP contribution is -2.41. The van der Waals surface area contributed by atoms with Crippen LogP contribution >= 0.6 is 0 Å². The van der Waals surface area contributed by atoms with Crippen LogP contribution in [0.3, 0.4) is 0 Å². The zero-order chi connectivity index (χ0) is 15.5. The number of ether oxygens (including phenoxy) is 1. The number of amides is 1. The number of methoxy groups -OCH3 is 1. The first-order valence-corrected chi connectivity index (χ1v) is 7.38. The van der Waals surface area contributed by atoms with E-state index in [9.17, 15) is 4.79 Å². The Morgan fingerprint density at radius 3 is 2.71 bits per heavy atom. The van der Waals surface area contributed by atoms with Gasteiger partial charge in [0, 0.05) is 32.4 Å². The Kier molecular flexibility index (Phi) is 8.47. The molecule has 21 heavy (non-hydrogen) atoms. The van der Waals surface area contributed by atoms with Gasteiger partial charge in [-0.25, -0.2) is 0 Å². The summed E-state index contributed by atoms with van der Waals surface area (Å²) < 4.78 is 4.98. The van der Waals surface area contributed by atoms with Gasteiger partial charge in [-0.1, -0.05) is 18.2 Å². The fourth-order valence-corrected chi connectivity index (χ4v) is 2.07. The van der Waals surface area contributed by atoms with E-state index in [1.165, 1.54) is 5.69 Å². The zero-order valence-electron chi connectivity index (χ0n) is 13.3. The number of hydrogen-bond donors (Lipinski definition) is 2. The monoisotopic (exact) mass is 293 g/mol. The molecule has 0 aliphatic heterocycles. The molecule has 1 rings (SSSR count). The fourth-order valence-electron chi connectivity index (χ4n) is 2.07. The number of para-hydroxylation sites is 1. The van der Waals surface area contributed by atoms with Crippen LogP contribution < -0.4 is 15.5 Å². The van der Waals surface area contributed by atoms with Gasteiger partial charge in [0.05, 0.1) is 13.2 Å². The Balaban J connectivity index is 2.08. The van der Waals surface area contributed by atoms with E-state index in [4.69, 9.17) is 4.74 Å². The molecule has 0 aromatic heterocycles. The van der Waals surface area contributed by atoms with Crippen molar-refractivity contribution < 1.29 is 9.53 Å². The minimum atomic E-state index is 0.0102. The molecule has 0 fully saturated rings. The van der Waals surface area contributed by atoms with E-state index >= 15 is 0 Å². The SMILES string of the molecule is COCC(C)NC(=O)CNCCCN(C)c1ccccc1. The number of nitrogens with one attached hydrogen (secondary N) is 2. The van der Waals surface area contributed by atoms with Crippen LogP contribution in [0, 0.1) is 0 Å². The number of anilines is 1. The molecule has 0 spiro atoms. The Morgan fingerprint density at radius 1 is 1.33 bits per heavy atom. The highest BCUT2D eigenvalue weighted by Gasteiger charge is 2.06. The maximum atomic E-state index is 11.6. The van der Waals surface area contributed by atoms with Crippen LogP contribution in [0.2, 0.25) is 0 Å². The van der Waals surface area contributed by atoms with Gasteiger partial charge in [-0.2, -0.15) is 0 Å². The molecule has 1 aromatic carbocycles. The summed E-state index contributed by atoms with van der Waals surface area (Å²) in [6, 6.07) is 10.3. The van der Waals surface area contributed by atoms with Crippen LogP contribution in [0.25, 0.3) is 0 Å². The summed E-state index contributed by atoms with van der Waals surface area (Å²) in [7, 11) is 3.71. The Hall–Kier alpha value is -1.59. The average molecular weight is 293 g/mol. The molecule has 1 aromatic rings. The van der Waals surface area contributed by atoms with E-state index in [2.05, 4.69) is 34.7 Å². The molecule has 0 saturated carbocycles. The molecule has 2 N–H and O–H groups in total. The quantitative estimate of drug-likeness (QED) is 0.638. The lowest BCUT2D eigenvalue weighted by atomic mass is 10.3. The lowest BCUT2D eigenvalue weighted by Gasteiger charge is -2.19. The number of carbonyl (C=O) groups excluding carboxylic acids is 1. The number of rotatable bonds is 10. The van der Waals surface area contributed by atoms with Crippen molar-refractivity contribution in [3.05, 3.63) is 30.3 Å². The molecule has 118 valence electrons. The van der Waals surface area contributed by atoms with Crippen molar-refractivity contribution in [1.82, 2.24) is 10.6 Å². The van der Waals surface area contributed by atoms with E-state index in [0.717, 1.165) is 19.5 Å². The van der Waals surface area contributed by atoms with Gasteiger partial charge in [0.1, 0.15) is 0 Å². The first kappa shape index (κ1) is 17.5. The largest absolute Gasteiger partial charge is 0.383 e. The molecule has 0 heterocycles. The van der Waals surface area contributed by atoms with Gasteiger partial charge in [-0.15, -0.1) is 0 Å². The third kappa shape index (κ3) is 7.68. The molecular weight excluding hydrogens is 266 g/mol. The number of carbonyl (C=O) groups is 1. The molecule has 1 atom stereocenters. The lowest BCUT2D eigenvalue weighted by molar-refractivity contribution is -0.121. The molecule has 5 nitrogen and oxygen atoms in total. The standard InChI is InChI=1S/C16H27N3O2/c1-14(13-21-3)18-16(20)12-17-10-7-11-19(2)15-8-5-4-6-9-15/h4-6,8-9,14,17H,7,10-13H2,1-3H3,(H,18,20). The second kappa shape index (κ2) is 10.2. The first-order valence-electron chi connectivity index (χ1n) is 7.38. The first-order chi connectivity index (χ1) is 10.1. The van der Waals surface area contributed by atoms with E-state index in [1.807, 2.05) is 25.1 Å². The van der Waals surface area contributed by atoms with Crippen molar-refractivity contribution in [3.63, 3.8) is 0 Å². The van der Waals surface area contributed by atoms with E-state index < -0.39 is 0 Å². The highest BCUT2D eigenvalue weighted by Crippen LogP contribution is 2.10. The Morgan fingerprint density at radius 2 is 2.05 bits per heavy atom. The summed E-state index contributed by atoms with van der Waals surface area (Å²) in [6.45, 7) is 4.59. The number of nitrogens with zero attached hydrogens (tertiary/aromatic N) is 1. The molecule has 0 saturated heterocycles. The summed E-state index contributed by atoms with van der Waals surface area (Å²) in [5, 5.41) is 6.03. The van der Waals surface area contributed by atoms with Gasteiger partial charge >= 0.3 is 0 Å². The summed E-state index contributed by atoms with van der Waals surface area (Å²) in [5.74, 6) is 0.0102. The summed E-state index contributed by atoms with van der Waals surface area (Å²) >= 11 is 0. The van der Waals surface area contributed by atoms with Crippen molar-refractivity contribution in [2.24, 2.45) is 0 Å². The van der Waals surface area contributed by atoms with Gasteiger partial charge in [0.15, 0.2) is 0 Å². The third-order valence-electron chi connectivity index (χ3n) is 3.15. The molecule has 0 aliphatic rings. The zero-order valence-corrected chi connectivity index (χ0v) is 13.3. The molecular formula is C16H27N3O2. The van der Waals surface area contributed by atoms with Crippen LogP contribution in [0.15, 0.2) is 30.3 Å². The van der Waals surface area contributed by atoms with Crippen molar-refractivity contribution in [2.45, 2.75) is 19.4 Å². The summed E-state index contributed by atoms with van der Waals surface area (Å²) in [5.41, 5.74) is 1.21. The topological polar surface area (TPSA) is 53.6 Å². The van der Waals surface area contributed by atoms with Gasteiger partial charge in [0.2, 0.25) is 5.91 Å². The van der Waals surface area contributed by atoms with E-state index in [1.54, 1.807) is 7.11 Å². The average Bonchev–Trinajstić information content (AvgIpc) is 2.47. The Bertz CT molecular complexity index is 398. The van der Waals surface area contributed by atoms with Crippen LogP contribution in [-0.2, 0) is 9.53 Å². The summed E-state index contributed by atoms with van der Waals surface area (Å²) in [6.07, 6.45) is 0.992. The van der Waals surface area contributed by atoms with Crippen molar-refractivity contribution in [1.29, 1.82) is 0 Å². The minimum Gasteiger partial charge on any atom is -0.383 e. The van der Waals surface area contributed by atoms with Crippen LogP contribution in [0.4, 0.5) is 5.69 Å². The maximum absolute atomic E-state index is 11.6. The molecule has 0 radical (unpaired) electrons. The highest BCUT2D eigenvalue weighted by molar-refractivity contribution is 5.78. The molecule has 5 heteroatoms. The fraction of sp³-hybridized carbons (Fsp3) is 0.562. The maximum Gasteiger partial charge on any atom is 0.234 e. The number of benzene rings is 1. The summed E-state index contributed by atoms with van der Waals surface area (Å²) in [4.78, 5) is 13.8.